The first kappa shape index (κ1) is 14.8. The van der Waals surface area contributed by atoms with Gasteiger partial charge in [0.05, 0.1) is 0 Å². The third-order valence-electron chi connectivity index (χ3n) is 2.53. The molecule has 0 bridgehead atoms. The number of hydrogen-bond donors (Lipinski definition) is 0. The molecule has 1 heterocycles. The molecule has 0 amide bonds. The second kappa shape index (κ2) is 6.69. The van der Waals surface area contributed by atoms with E-state index in [2.05, 4.69) is 63.4 Å². The highest BCUT2D eigenvalue weighted by Gasteiger charge is 2.34. The minimum Gasteiger partial charge on any atom is -0.345 e. The maximum atomic E-state index is 11.5. The van der Waals surface area contributed by atoms with Crippen LogP contribution in [0.3, 0.4) is 0 Å². The van der Waals surface area contributed by atoms with E-state index in [1.54, 1.807) is 0 Å². The molecule has 21 heavy (non-hydrogen) atoms. The molecular weight excluding hydrogens is 281 g/mol. The van der Waals surface area contributed by atoms with Gasteiger partial charge in [0.15, 0.2) is 6.26 Å². The van der Waals surface area contributed by atoms with Crippen molar-refractivity contribution in [3.05, 3.63) is 72.6 Å². The van der Waals surface area contributed by atoms with Gasteiger partial charge in [-0.3, -0.25) is 0 Å². The summed E-state index contributed by atoms with van der Waals surface area (Å²) in [6.45, 7) is 0. The van der Waals surface area contributed by atoms with E-state index in [4.69, 9.17) is 0 Å². The predicted octanol–water partition coefficient (Wildman–Crippen LogP) is 4.44. The van der Waals surface area contributed by atoms with Crippen LogP contribution in [0.1, 0.15) is 5.69 Å². The smallest absolute Gasteiger partial charge is 0.345 e. The van der Waals surface area contributed by atoms with E-state index in [0.717, 1.165) is 0 Å². The van der Waals surface area contributed by atoms with Gasteiger partial charge in [-0.25, -0.2) is 0 Å². The quantitative estimate of drug-likeness (QED) is 0.665. The van der Waals surface area contributed by atoms with Crippen LogP contribution in [0.4, 0.5) is 13.2 Å². The monoisotopic (exact) mass is 292 g/mol. The summed E-state index contributed by atoms with van der Waals surface area (Å²) >= 11 is 0. The molecule has 0 aliphatic carbocycles. The van der Waals surface area contributed by atoms with Crippen molar-refractivity contribution in [3.8, 4) is 11.1 Å². The zero-order valence-corrected chi connectivity index (χ0v) is 10.8. The number of rotatable bonds is 1. The summed E-state index contributed by atoms with van der Waals surface area (Å²) in [4.78, 5) is 0. The van der Waals surface area contributed by atoms with Gasteiger partial charge in [-0.15, -0.1) is 5.10 Å². The minimum atomic E-state index is -4.44. The average molecular weight is 292 g/mol. The van der Waals surface area contributed by atoms with E-state index in [-0.39, 0.29) is 0 Å². The SMILES string of the molecule is FC(F)(F)c1conn1.c1ccc(-c2ccccc2)cc1. The highest BCUT2D eigenvalue weighted by Crippen LogP contribution is 2.26. The van der Waals surface area contributed by atoms with E-state index in [1.165, 1.54) is 11.1 Å². The van der Waals surface area contributed by atoms with Crippen LogP contribution in [-0.2, 0) is 6.18 Å². The van der Waals surface area contributed by atoms with Gasteiger partial charge in [0, 0.05) is 5.27 Å². The molecule has 0 saturated carbocycles. The summed E-state index contributed by atoms with van der Waals surface area (Å²) in [6, 6.07) is 20.8. The zero-order valence-electron chi connectivity index (χ0n) is 10.8. The Morgan fingerprint density at radius 3 is 1.52 bits per heavy atom. The van der Waals surface area contributed by atoms with Crippen LogP contribution in [0.25, 0.3) is 11.1 Å². The Kier molecular flexibility index (Phi) is 4.71. The van der Waals surface area contributed by atoms with Crippen molar-refractivity contribution in [1.82, 2.24) is 10.4 Å². The molecule has 0 aliphatic heterocycles. The van der Waals surface area contributed by atoms with Crippen molar-refractivity contribution >= 4 is 0 Å². The maximum Gasteiger partial charge on any atom is 0.438 e. The zero-order chi connectivity index (χ0) is 15.1. The molecule has 6 heteroatoms. The summed E-state index contributed by atoms with van der Waals surface area (Å²) in [6.07, 6.45) is -4.00. The van der Waals surface area contributed by atoms with Gasteiger partial charge in [-0.05, 0) is 11.1 Å². The van der Waals surface area contributed by atoms with E-state index in [9.17, 15) is 13.2 Å². The van der Waals surface area contributed by atoms with Crippen LogP contribution in [0.2, 0.25) is 0 Å². The summed E-state index contributed by atoms with van der Waals surface area (Å²) in [5.41, 5.74) is 1.44. The number of halogens is 3. The molecule has 0 aliphatic rings. The van der Waals surface area contributed by atoms with Crippen molar-refractivity contribution in [2.45, 2.75) is 6.18 Å². The van der Waals surface area contributed by atoms with E-state index in [1.807, 2.05) is 12.1 Å². The lowest BCUT2D eigenvalue weighted by molar-refractivity contribution is -0.141. The Hall–Kier alpha value is -2.63. The second-order valence-electron chi connectivity index (χ2n) is 4.02. The Labute approximate surface area is 119 Å². The van der Waals surface area contributed by atoms with Gasteiger partial charge in [-0.2, -0.15) is 13.2 Å². The minimum absolute atomic E-state index is 0.444. The third kappa shape index (κ3) is 4.45. The molecule has 108 valence electrons. The van der Waals surface area contributed by atoms with Crippen LogP contribution < -0.4 is 0 Å². The van der Waals surface area contributed by atoms with E-state index < -0.39 is 11.9 Å². The molecular formula is C15H11F3N2O. The van der Waals surface area contributed by atoms with Crippen molar-refractivity contribution in [3.63, 3.8) is 0 Å². The number of benzene rings is 2. The normalized spacial score (nSPS) is 10.6. The maximum absolute atomic E-state index is 11.5. The standard InChI is InChI=1S/C12H10.C3HF3N2O/c1-3-7-11(8-4-1)12-9-5-2-6-10-12;4-3(5,6)2-1-9-8-7-2/h1-10H;1H. The van der Waals surface area contributed by atoms with Gasteiger partial charge in [0.2, 0.25) is 5.69 Å². The number of alkyl halides is 3. The van der Waals surface area contributed by atoms with Crippen molar-refractivity contribution in [1.29, 1.82) is 0 Å². The number of hydrogen-bond acceptors (Lipinski definition) is 3. The van der Waals surface area contributed by atoms with E-state index in [0.29, 0.717) is 6.26 Å². The van der Waals surface area contributed by atoms with Gasteiger partial charge >= 0.3 is 6.18 Å². The molecule has 1 aromatic heterocycles. The fraction of sp³-hybridized carbons (Fsp3) is 0.0667. The number of nitrogens with zero attached hydrogens (tertiary/aromatic N) is 2. The summed E-state index contributed by atoms with van der Waals surface area (Å²) in [5, 5.41) is 5.29. The molecule has 0 spiro atoms. The van der Waals surface area contributed by atoms with Crippen molar-refractivity contribution in [2.24, 2.45) is 0 Å². The van der Waals surface area contributed by atoms with Gasteiger partial charge in [-0.1, -0.05) is 60.7 Å². The molecule has 0 N–H and O–H groups in total. The molecule has 0 radical (unpaired) electrons. The van der Waals surface area contributed by atoms with E-state index >= 15 is 0 Å². The fourth-order valence-corrected chi connectivity index (χ4v) is 1.55. The molecule has 2 aromatic carbocycles. The summed E-state index contributed by atoms with van der Waals surface area (Å²) < 4.78 is 38.2. The second-order valence-corrected chi connectivity index (χ2v) is 4.02. The fourth-order valence-electron chi connectivity index (χ4n) is 1.55. The first-order valence-corrected chi connectivity index (χ1v) is 6.02. The third-order valence-corrected chi connectivity index (χ3v) is 2.53. The largest absolute Gasteiger partial charge is 0.438 e. The highest BCUT2D eigenvalue weighted by molar-refractivity contribution is 5.62. The Morgan fingerprint density at radius 2 is 1.24 bits per heavy atom. The molecule has 3 aromatic rings. The van der Waals surface area contributed by atoms with Gasteiger partial charge in [0.1, 0.15) is 0 Å². The van der Waals surface area contributed by atoms with Crippen molar-refractivity contribution in [2.75, 3.05) is 0 Å². The molecule has 3 rings (SSSR count). The van der Waals surface area contributed by atoms with Crippen LogP contribution in [0.5, 0.6) is 0 Å². The lowest BCUT2D eigenvalue weighted by Crippen LogP contribution is -2.04. The van der Waals surface area contributed by atoms with Crippen LogP contribution in [-0.4, -0.2) is 10.4 Å². The first-order valence-electron chi connectivity index (χ1n) is 6.02. The predicted molar refractivity (Wildman–Crippen MR) is 71.2 cm³/mol. The molecule has 0 unspecified atom stereocenters. The average Bonchev–Trinajstić information content (AvgIpc) is 3.04. The number of aromatic nitrogens is 2. The van der Waals surface area contributed by atoms with Crippen LogP contribution >= 0.6 is 0 Å². The van der Waals surface area contributed by atoms with Crippen molar-refractivity contribution < 1.29 is 17.7 Å². The van der Waals surface area contributed by atoms with Crippen LogP contribution in [0, 0.1) is 0 Å². The van der Waals surface area contributed by atoms with Gasteiger partial charge < -0.3 is 4.52 Å². The Balaban J connectivity index is 0.000000161. The molecule has 0 saturated heterocycles. The van der Waals surface area contributed by atoms with Gasteiger partial charge in [0.25, 0.3) is 0 Å². The molecule has 0 atom stereocenters. The lowest BCUT2D eigenvalue weighted by atomic mass is 10.1. The lowest BCUT2D eigenvalue weighted by Gasteiger charge is -1.98. The highest BCUT2D eigenvalue weighted by atomic mass is 19.4. The Morgan fingerprint density at radius 1 is 0.762 bits per heavy atom. The summed E-state index contributed by atoms with van der Waals surface area (Å²) in [5.74, 6) is 0. The molecule has 3 nitrogen and oxygen atoms in total. The Bertz CT molecular complexity index is 600. The topological polar surface area (TPSA) is 38.9 Å². The molecule has 0 fully saturated rings. The summed E-state index contributed by atoms with van der Waals surface area (Å²) in [7, 11) is 0. The van der Waals surface area contributed by atoms with Crippen LogP contribution in [0.15, 0.2) is 71.4 Å². The first-order chi connectivity index (χ1) is 10.1.